The van der Waals surface area contributed by atoms with E-state index in [1.807, 2.05) is 42.5 Å². The van der Waals surface area contributed by atoms with Gasteiger partial charge in [0.25, 0.3) is 5.91 Å². The van der Waals surface area contributed by atoms with E-state index in [4.69, 9.17) is 4.84 Å². The van der Waals surface area contributed by atoms with Crippen molar-refractivity contribution in [3.63, 3.8) is 0 Å². The molecule has 2 aliphatic heterocycles. The van der Waals surface area contributed by atoms with E-state index in [1.165, 1.54) is 7.11 Å². The molecule has 0 aliphatic carbocycles. The highest BCUT2D eigenvalue weighted by atomic mass is 16.6. The molecular weight excluding hydrogens is 394 g/mol. The lowest BCUT2D eigenvalue weighted by Crippen LogP contribution is -2.50. The van der Waals surface area contributed by atoms with Crippen LogP contribution in [0.3, 0.4) is 0 Å². The molecule has 0 saturated carbocycles. The number of hydrogen-bond donors (Lipinski definition) is 1. The molecule has 162 valence electrons. The lowest BCUT2D eigenvalue weighted by atomic mass is 10.0. The Morgan fingerprint density at radius 2 is 1.65 bits per heavy atom. The number of aliphatic hydroxyl groups is 1. The summed E-state index contributed by atoms with van der Waals surface area (Å²) < 4.78 is 0. The normalized spacial score (nSPS) is 20.8. The lowest BCUT2D eigenvalue weighted by molar-refractivity contribution is -0.137. The number of piperidine rings is 1. The molecule has 2 fully saturated rings. The van der Waals surface area contributed by atoms with E-state index in [2.05, 4.69) is 5.16 Å². The van der Waals surface area contributed by atoms with E-state index < -0.39 is 6.04 Å². The molecule has 1 atom stereocenters. The van der Waals surface area contributed by atoms with Crippen molar-refractivity contribution >= 4 is 17.5 Å². The van der Waals surface area contributed by atoms with Crippen LogP contribution in [0.5, 0.6) is 0 Å². The fraction of sp³-hybridized carbons (Fsp3) is 0.375. The Kier molecular flexibility index (Phi) is 6.32. The predicted octanol–water partition coefficient (Wildman–Crippen LogP) is 2.55. The van der Waals surface area contributed by atoms with Crippen LogP contribution >= 0.6 is 0 Å². The summed E-state index contributed by atoms with van der Waals surface area (Å²) in [7, 11) is 1.46. The number of nitrogens with zero attached hydrogens (tertiary/aromatic N) is 3. The first-order valence-corrected chi connectivity index (χ1v) is 10.6. The van der Waals surface area contributed by atoms with Crippen LogP contribution in [-0.4, -0.2) is 71.3 Å². The third-order valence-corrected chi connectivity index (χ3v) is 5.94. The van der Waals surface area contributed by atoms with E-state index in [0.29, 0.717) is 43.6 Å². The van der Waals surface area contributed by atoms with Crippen LogP contribution < -0.4 is 0 Å². The van der Waals surface area contributed by atoms with Crippen molar-refractivity contribution in [3.8, 4) is 11.1 Å². The number of benzene rings is 2. The summed E-state index contributed by atoms with van der Waals surface area (Å²) in [5.74, 6) is -0.293. The van der Waals surface area contributed by atoms with Crippen molar-refractivity contribution in [1.82, 2.24) is 9.80 Å². The van der Waals surface area contributed by atoms with Gasteiger partial charge < -0.3 is 19.7 Å². The Bertz CT molecular complexity index is 951. The third-order valence-electron chi connectivity index (χ3n) is 5.94. The zero-order valence-corrected chi connectivity index (χ0v) is 17.6. The van der Waals surface area contributed by atoms with Crippen molar-refractivity contribution < 1.29 is 19.5 Å². The quantitative estimate of drug-likeness (QED) is 0.770. The number of aliphatic hydroxyl groups excluding tert-OH is 1. The second kappa shape index (κ2) is 9.31. The van der Waals surface area contributed by atoms with Crippen molar-refractivity contribution in [2.45, 2.75) is 31.4 Å². The van der Waals surface area contributed by atoms with Crippen LogP contribution in [0.1, 0.15) is 29.6 Å². The maximum Gasteiger partial charge on any atom is 0.254 e. The van der Waals surface area contributed by atoms with Crippen LogP contribution in [0, 0.1) is 0 Å². The first-order chi connectivity index (χ1) is 15.1. The average molecular weight is 421 g/mol. The van der Waals surface area contributed by atoms with Gasteiger partial charge in [0.15, 0.2) is 0 Å². The molecule has 2 saturated heterocycles. The van der Waals surface area contributed by atoms with E-state index >= 15 is 0 Å². The summed E-state index contributed by atoms with van der Waals surface area (Å²) in [5, 5.41) is 13.7. The Labute approximate surface area is 181 Å². The highest BCUT2D eigenvalue weighted by Crippen LogP contribution is 2.25. The van der Waals surface area contributed by atoms with E-state index in [9.17, 15) is 14.7 Å². The Balaban J connectivity index is 1.54. The molecule has 0 aromatic heterocycles. The average Bonchev–Trinajstić information content (AvgIpc) is 3.23. The van der Waals surface area contributed by atoms with Gasteiger partial charge in [0.2, 0.25) is 5.91 Å². The van der Waals surface area contributed by atoms with Gasteiger partial charge in [-0.05, 0) is 36.1 Å². The van der Waals surface area contributed by atoms with Gasteiger partial charge in [-0.3, -0.25) is 9.59 Å². The molecule has 2 aromatic rings. The molecule has 1 unspecified atom stereocenters. The Morgan fingerprint density at radius 3 is 2.29 bits per heavy atom. The van der Waals surface area contributed by atoms with Crippen molar-refractivity contribution in [2.75, 3.05) is 26.7 Å². The standard InChI is InChI=1S/C24H27N3O4/c1-31-25-20-15-22(24(30)26-13-11-21(28)12-14-26)27(16-20)23(29)19-9-7-18(8-10-19)17-5-3-2-4-6-17/h2-10,21-22,28H,11-16H2,1H3. The zero-order valence-electron chi connectivity index (χ0n) is 17.6. The summed E-state index contributed by atoms with van der Waals surface area (Å²) in [6, 6.07) is 16.8. The van der Waals surface area contributed by atoms with Crippen molar-refractivity contribution in [2.24, 2.45) is 5.16 Å². The molecule has 4 rings (SSSR count). The lowest BCUT2D eigenvalue weighted by Gasteiger charge is -2.33. The molecule has 31 heavy (non-hydrogen) atoms. The fourth-order valence-corrected chi connectivity index (χ4v) is 4.23. The molecule has 7 nitrogen and oxygen atoms in total. The van der Waals surface area contributed by atoms with E-state index in [-0.39, 0.29) is 24.5 Å². The second-order valence-electron chi connectivity index (χ2n) is 7.99. The highest BCUT2D eigenvalue weighted by Gasteiger charge is 2.41. The highest BCUT2D eigenvalue weighted by molar-refractivity contribution is 6.05. The number of likely N-dealkylation sites (tertiary alicyclic amines) is 2. The molecule has 0 bridgehead atoms. The summed E-state index contributed by atoms with van der Waals surface area (Å²) >= 11 is 0. The molecule has 0 spiro atoms. The van der Waals surface area contributed by atoms with Gasteiger partial charge in [-0.25, -0.2) is 0 Å². The minimum atomic E-state index is -0.606. The largest absolute Gasteiger partial charge is 0.399 e. The Morgan fingerprint density at radius 1 is 1.00 bits per heavy atom. The molecule has 1 N–H and O–H groups in total. The first kappa shape index (κ1) is 21.1. The van der Waals surface area contributed by atoms with Crippen LogP contribution in [0.25, 0.3) is 11.1 Å². The van der Waals surface area contributed by atoms with Crippen LogP contribution in [0.2, 0.25) is 0 Å². The second-order valence-corrected chi connectivity index (χ2v) is 7.99. The SMILES string of the molecule is CON=C1CC(C(=O)N2CCC(O)CC2)N(C(=O)c2ccc(-c3ccccc3)cc2)C1. The molecule has 2 aliphatic rings. The van der Waals surface area contributed by atoms with E-state index in [0.717, 1.165) is 11.1 Å². The number of rotatable bonds is 4. The maximum atomic E-state index is 13.3. The van der Waals surface area contributed by atoms with Crippen LogP contribution in [0.15, 0.2) is 59.8 Å². The summed E-state index contributed by atoms with van der Waals surface area (Å²) in [6.45, 7) is 1.27. The molecular formula is C24H27N3O4. The van der Waals surface area contributed by atoms with Crippen LogP contribution in [-0.2, 0) is 9.63 Å². The van der Waals surface area contributed by atoms with Crippen molar-refractivity contribution in [1.29, 1.82) is 0 Å². The number of hydrogen-bond acceptors (Lipinski definition) is 5. The maximum absolute atomic E-state index is 13.3. The number of carbonyl (C=O) groups excluding carboxylic acids is 2. The van der Waals surface area contributed by atoms with Crippen molar-refractivity contribution in [3.05, 3.63) is 60.2 Å². The minimum Gasteiger partial charge on any atom is -0.399 e. The molecule has 2 heterocycles. The third kappa shape index (κ3) is 4.61. The minimum absolute atomic E-state index is 0.0949. The number of oxime groups is 1. The van der Waals surface area contributed by atoms with Crippen LogP contribution in [0.4, 0.5) is 0 Å². The van der Waals surface area contributed by atoms with Gasteiger partial charge in [-0.15, -0.1) is 0 Å². The van der Waals surface area contributed by atoms with Gasteiger partial charge in [-0.1, -0.05) is 47.6 Å². The van der Waals surface area contributed by atoms with Gasteiger partial charge in [0.05, 0.1) is 18.4 Å². The predicted molar refractivity (Wildman–Crippen MR) is 118 cm³/mol. The van der Waals surface area contributed by atoms with Gasteiger partial charge in [0, 0.05) is 25.1 Å². The zero-order chi connectivity index (χ0) is 21.8. The Hall–Kier alpha value is -3.19. The number of amides is 2. The van der Waals surface area contributed by atoms with Gasteiger partial charge in [-0.2, -0.15) is 0 Å². The molecule has 2 aromatic carbocycles. The van der Waals surface area contributed by atoms with Gasteiger partial charge in [0.1, 0.15) is 13.2 Å². The number of carbonyl (C=O) groups is 2. The summed E-state index contributed by atoms with van der Waals surface area (Å²) in [5.41, 5.74) is 3.31. The molecule has 7 heteroatoms. The topological polar surface area (TPSA) is 82.4 Å². The molecule has 2 amide bonds. The van der Waals surface area contributed by atoms with Gasteiger partial charge >= 0.3 is 0 Å². The summed E-state index contributed by atoms with van der Waals surface area (Å²) in [4.78, 5) is 34.7. The monoisotopic (exact) mass is 421 g/mol. The summed E-state index contributed by atoms with van der Waals surface area (Å²) in [6.07, 6.45) is 1.12. The fourth-order valence-electron chi connectivity index (χ4n) is 4.23. The molecule has 0 radical (unpaired) electrons. The first-order valence-electron chi connectivity index (χ1n) is 10.6. The van der Waals surface area contributed by atoms with E-state index in [1.54, 1.807) is 21.9 Å². The smallest absolute Gasteiger partial charge is 0.254 e.